The van der Waals surface area contributed by atoms with Crippen molar-refractivity contribution in [2.75, 3.05) is 19.8 Å². The van der Waals surface area contributed by atoms with Crippen LogP contribution in [0.4, 0.5) is 0 Å². The number of hydrogen-bond acceptors (Lipinski definition) is 3. The van der Waals surface area contributed by atoms with Crippen LogP contribution in [0.3, 0.4) is 0 Å². The van der Waals surface area contributed by atoms with Crippen molar-refractivity contribution in [1.82, 2.24) is 0 Å². The Balaban J connectivity index is 2.22. The molecule has 1 aliphatic rings. The van der Waals surface area contributed by atoms with Crippen LogP contribution in [0.25, 0.3) is 0 Å². The molecule has 3 nitrogen and oxygen atoms in total. The zero-order valence-corrected chi connectivity index (χ0v) is 7.39. The molecule has 0 aromatic heterocycles. The summed E-state index contributed by atoms with van der Waals surface area (Å²) in [5, 5.41) is 0. The van der Waals surface area contributed by atoms with Crippen LogP contribution in [0.5, 0.6) is 0 Å². The fourth-order valence-corrected chi connectivity index (χ4v) is 0.745. The average molecular weight is 157 g/mol. The zero-order chi connectivity index (χ0) is 8.32. The third-order valence-electron chi connectivity index (χ3n) is 1.28. The van der Waals surface area contributed by atoms with Gasteiger partial charge < -0.3 is 9.47 Å². The van der Waals surface area contributed by atoms with Gasteiger partial charge in [0.15, 0.2) is 0 Å². The van der Waals surface area contributed by atoms with Crippen LogP contribution in [-0.4, -0.2) is 31.3 Å². The molecule has 0 unspecified atom stereocenters. The second kappa shape index (κ2) is 3.22. The molecule has 0 fully saturated rings. The number of hydrogen-bond donors (Lipinski definition) is 0. The van der Waals surface area contributed by atoms with Crippen molar-refractivity contribution in [2.24, 2.45) is 4.99 Å². The highest BCUT2D eigenvalue weighted by Crippen LogP contribution is 2.07. The minimum absolute atomic E-state index is 0.103. The van der Waals surface area contributed by atoms with E-state index in [0.29, 0.717) is 13.2 Å². The Labute approximate surface area is 67.4 Å². The highest BCUT2D eigenvalue weighted by Gasteiger charge is 2.14. The first-order valence-corrected chi connectivity index (χ1v) is 3.88. The molecular formula is C8H15NO2. The van der Waals surface area contributed by atoms with Gasteiger partial charge in [0, 0.05) is 0 Å². The lowest BCUT2D eigenvalue weighted by molar-refractivity contribution is 0.0148. The molecule has 0 atom stereocenters. The van der Waals surface area contributed by atoms with Crippen LogP contribution in [-0.2, 0) is 9.47 Å². The highest BCUT2D eigenvalue weighted by atomic mass is 16.5. The van der Waals surface area contributed by atoms with E-state index in [0.717, 1.165) is 12.4 Å². The van der Waals surface area contributed by atoms with Gasteiger partial charge >= 0.3 is 0 Å². The highest BCUT2D eigenvalue weighted by molar-refractivity contribution is 5.78. The van der Waals surface area contributed by atoms with E-state index >= 15 is 0 Å². The molecule has 0 bridgehead atoms. The standard InChI is InChI=1S/C8H15NO2/c1-8(2,3)11-6-7-9-4-5-10-7/h4-6H2,1-3H3. The van der Waals surface area contributed by atoms with E-state index in [9.17, 15) is 0 Å². The lowest BCUT2D eigenvalue weighted by Gasteiger charge is -2.18. The Morgan fingerprint density at radius 2 is 2.27 bits per heavy atom. The SMILES string of the molecule is CC(C)(C)OCC1=NCCO1. The summed E-state index contributed by atoms with van der Waals surface area (Å²) >= 11 is 0. The Hall–Kier alpha value is -0.570. The molecule has 0 aromatic rings. The largest absolute Gasteiger partial charge is 0.477 e. The molecule has 0 aliphatic carbocycles. The fourth-order valence-electron chi connectivity index (χ4n) is 0.745. The van der Waals surface area contributed by atoms with E-state index < -0.39 is 0 Å². The van der Waals surface area contributed by atoms with Gasteiger partial charge in [-0.05, 0) is 20.8 Å². The van der Waals surface area contributed by atoms with Crippen LogP contribution in [0, 0.1) is 0 Å². The molecule has 11 heavy (non-hydrogen) atoms. The molecule has 64 valence electrons. The first-order valence-electron chi connectivity index (χ1n) is 3.88. The summed E-state index contributed by atoms with van der Waals surface area (Å²) in [5.41, 5.74) is -0.103. The van der Waals surface area contributed by atoms with Crippen LogP contribution in [0.2, 0.25) is 0 Å². The first-order chi connectivity index (χ1) is 5.08. The summed E-state index contributed by atoms with van der Waals surface area (Å²) in [6.07, 6.45) is 0. The third kappa shape index (κ3) is 3.37. The molecule has 0 amide bonds. The summed E-state index contributed by atoms with van der Waals surface area (Å²) in [7, 11) is 0. The smallest absolute Gasteiger partial charge is 0.210 e. The summed E-state index contributed by atoms with van der Waals surface area (Å²) < 4.78 is 10.6. The minimum atomic E-state index is -0.103. The van der Waals surface area contributed by atoms with Crippen LogP contribution >= 0.6 is 0 Å². The third-order valence-corrected chi connectivity index (χ3v) is 1.28. The molecule has 0 saturated heterocycles. The van der Waals surface area contributed by atoms with Gasteiger partial charge in [-0.25, -0.2) is 0 Å². The average Bonchev–Trinajstić information content (AvgIpc) is 2.32. The molecule has 0 aromatic carbocycles. The van der Waals surface area contributed by atoms with Gasteiger partial charge in [0.25, 0.3) is 0 Å². The van der Waals surface area contributed by atoms with E-state index in [1.54, 1.807) is 0 Å². The number of nitrogens with zero attached hydrogens (tertiary/aromatic N) is 1. The molecule has 0 saturated carbocycles. The molecule has 1 aliphatic heterocycles. The fraction of sp³-hybridized carbons (Fsp3) is 0.875. The van der Waals surface area contributed by atoms with Gasteiger partial charge in [-0.1, -0.05) is 0 Å². The van der Waals surface area contributed by atoms with Crippen molar-refractivity contribution in [3.63, 3.8) is 0 Å². The Bertz CT molecular complexity index is 158. The normalized spacial score (nSPS) is 17.9. The summed E-state index contributed by atoms with van der Waals surface area (Å²) in [5.74, 6) is 0.736. The lowest BCUT2D eigenvalue weighted by atomic mass is 10.2. The number of ether oxygens (including phenoxy) is 2. The van der Waals surface area contributed by atoms with E-state index in [1.807, 2.05) is 20.8 Å². The van der Waals surface area contributed by atoms with E-state index in [-0.39, 0.29) is 5.60 Å². The molecular weight excluding hydrogens is 142 g/mol. The van der Waals surface area contributed by atoms with Crippen molar-refractivity contribution in [3.8, 4) is 0 Å². The summed E-state index contributed by atoms with van der Waals surface area (Å²) in [4.78, 5) is 4.11. The Morgan fingerprint density at radius 1 is 1.55 bits per heavy atom. The van der Waals surface area contributed by atoms with Crippen LogP contribution in [0.15, 0.2) is 4.99 Å². The van der Waals surface area contributed by atoms with Gasteiger partial charge in [0.05, 0.1) is 12.1 Å². The maximum atomic E-state index is 5.46. The molecule has 3 heteroatoms. The maximum Gasteiger partial charge on any atom is 0.210 e. The second-order valence-corrected chi connectivity index (χ2v) is 3.52. The molecule has 1 heterocycles. The number of aliphatic imine (C=N–C) groups is 1. The van der Waals surface area contributed by atoms with Gasteiger partial charge in [0.2, 0.25) is 5.90 Å². The van der Waals surface area contributed by atoms with Crippen LogP contribution < -0.4 is 0 Å². The van der Waals surface area contributed by atoms with E-state index in [1.165, 1.54) is 0 Å². The second-order valence-electron chi connectivity index (χ2n) is 3.52. The minimum Gasteiger partial charge on any atom is -0.477 e. The van der Waals surface area contributed by atoms with E-state index in [4.69, 9.17) is 9.47 Å². The van der Waals surface area contributed by atoms with Crippen LogP contribution in [0.1, 0.15) is 20.8 Å². The van der Waals surface area contributed by atoms with Gasteiger partial charge in [-0.3, -0.25) is 4.99 Å². The Morgan fingerprint density at radius 3 is 2.73 bits per heavy atom. The van der Waals surface area contributed by atoms with Crippen molar-refractivity contribution in [3.05, 3.63) is 0 Å². The van der Waals surface area contributed by atoms with E-state index in [2.05, 4.69) is 4.99 Å². The summed E-state index contributed by atoms with van der Waals surface area (Å²) in [6, 6.07) is 0. The van der Waals surface area contributed by atoms with Crippen molar-refractivity contribution in [1.29, 1.82) is 0 Å². The quantitative estimate of drug-likeness (QED) is 0.603. The predicted octanol–water partition coefficient (Wildman–Crippen LogP) is 1.23. The molecule has 0 N–H and O–H groups in total. The first kappa shape index (κ1) is 8.53. The molecule has 0 radical (unpaired) electrons. The van der Waals surface area contributed by atoms with Gasteiger partial charge in [-0.2, -0.15) is 0 Å². The zero-order valence-electron chi connectivity index (χ0n) is 7.39. The number of rotatable bonds is 2. The van der Waals surface area contributed by atoms with Crippen molar-refractivity contribution in [2.45, 2.75) is 26.4 Å². The lowest BCUT2D eigenvalue weighted by Crippen LogP contribution is -2.23. The molecule has 0 spiro atoms. The van der Waals surface area contributed by atoms with Gasteiger partial charge in [0.1, 0.15) is 13.2 Å². The Kier molecular flexibility index (Phi) is 2.49. The molecule has 1 rings (SSSR count). The monoisotopic (exact) mass is 157 g/mol. The maximum absolute atomic E-state index is 5.46. The summed E-state index contributed by atoms with van der Waals surface area (Å²) in [6.45, 7) is 8.04. The predicted molar refractivity (Wildman–Crippen MR) is 44.0 cm³/mol. The van der Waals surface area contributed by atoms with Gasteiger partial charge in [-0.15, -0.1) is 0 Å². The van der Waals surface area contributed by atoms with Crippen molar-refractivity contribution < 1.29 is 9.47 Å². The topological polar surface area (TPSA) is 30.8 Å². The van der Waals surface area contributed by atoms with Crippen molar-refractivity contribution >= 4 is 5.90 Å².